The van der Waals surface area contributed by atoms with Crippen molar-refractivity contribution in [2.45, 2.75) is 19.3 Å². The predicted octanol–water partition coefficient (Wildman–Crippen LogP) is 1.91. The summed E-state index contributed by atoms with van der Waals surface area (Å²) in [5.74, 6) is -0.0246. The van der Waals surface area contributed by atoms with Crippen molar-refractivity contribution in [2.75, 3.05) is 20.2 Å². The van der Waals surface area contributed by atoms with E-state index in [0.717, 1.165) is 19.3 Å². The fraction of sp³-hybridized carbons (Fsp3) is 0.583. The maximum Gasteiger partial charge on any atom is 0.270 e. The first kappa shape index (κ1) is 14.1. The maximum absolute atomic E-state index is 12.0. The Bertz CT molecular complexity index is 377. The molecule has 0 saturated heterocycles. The average molecular weight is 259 g/mol. The van der Waals surface area contributed by atoms with E-state index >= 15 is 0 Å². The third-order valence-corrected chi connectivity index (χ3v) is 2.90. The lowest BCUT2D eigenvalue weighted by Gasteiger charge is -2.17. The molecule has 0 aliphatic rings. The van der Waals surface area contributed by atoms with Crippen LogP contribution >= 0.6 is 11.6 Å². The molecule has 0 radical (unpaired) electrons. The summed E-state index contributed by atoms with van der Waals surface area (Å²) in [7, 11) is 3.58. The van der Waals surface area contributed by atoms with E-state index in [9.17, 15) is 4.79 Å². The zero-order valence-corrected chi connectivity index (χ0v) is 11.1. The van der Waals surface area contributed by atoms with Crippen LogP contribution in [0.5, 0.6) is 0 Å². The first-order valence-corrected chi connectivity index (χ1v) is 6.12. The Morgan fingerprint density at radius 1 is 1.47 bits per heavy atom. The maximum atomic E-state index is 12.0. The van der Waals surface area contributed by atoms with E-state index in [1.807, 2.05) is 0 Å². The Morgan fingerprint density at radius 3 is 2.71 bits per heavy atom. The van der Waals surface area contributed by atoms with E-state index in [2.05, 4.69) is 0 Å². The van der Waals surface area contributed by atoms with E-state index in [1.165, 1.54) is 0 Å². The largest absolute Gasteiger partial charge is 0.396 e. The van der Waals surface area contributed by atoms with Crippen molar-refractivity contribution in [3.05, 3.63) is 23.0 Å². The van der Waals surface area contributed by atoms with Gasteiger partial charge in [-0.2, -0.15) is 0 Å². The van der Waals surface area contributed by atoms with E-state index in [1.54, 1.807) is 35.8 Å². The average Bonchev–Trinajstić information content (AvgIpc) is 2.62. The summed E-state index contributed by atoms with van der Waals surface area (Å²) in [4.78, 5) is 13.7. The molecule has 4 nitrogen and oxygen atoms in total. The van der Waals surface area contributed by atoms with E-state index in [4.69, 9.17) is 16.7 Å². The van der Waals surface area contributed by atoms with Gasteiger partial charge in [0.05, 0.1) is 5.02 Å². The molecular weight excluding hydrogens is 240 g/mol. The number of rotatable bonds is 6. The lowest BCUT2D eigenvalue weighted by molar-refractivity contribution is 0.0783. The van der Waals surface area contributed by atoms with Gasteiger partial charge < -0.3 is 14.6 Å². The molecule has 96 valence electrons. The minimum atomic E-state index is -0.0246. The Morgan fingerprint density at radius 2 is 2.18 bits per heavy atom. The molecule has 1 rings (SSSR count). The highest BCUT2D eigenvalue weighted by atomic mass is 35.5. The van der Waals surface area contributed by atoms with Crippen molar-refractivity contribution in [2.24, 2.45) is 7.05 Å². The van der Waals surface area contributed by atoms with E-state index in [0.29, 0.717) is 17.3 Å². The van der Waals surface area contributed by atoms with Crippen LogP contribution in [0.2, 0.25) is 5.02 Å². The highest BCUT2D eigenvalue weighted by Gasteiger charge is 2.15. The number of hydrogen-bond acceptors (Lipinski definition) is 2. The summed E-state index contributed by atoms with van der Waals surface area (Å²) in [6.45, 7) is 0.909. The summed E-state index contributed by atoms with van der Waals surface area (Å²) in [5.41, 5.74) is 0.597. The molecule has 0 bridgehead atoms. The van der Waals surface area contributed by atoms with Crippen LogP contribution in [0, 0.1) is 0 Å². The summed E-state index contributed by atoms with van der Waals surface area (Å²) < 4.78 is 1.73. The molecule has 17 heavy (non-hydrogen) atoms. The van der Waals surface area contributed by atoms with E-state index < -0.39 is 0 Å². The Balaban J connectivity index is 2.49. The molecule has 0 atom stereocenters. The van der Waals surface area contributed by atoms with Gasteiger partial charge in [0.1, 0.15) is 5.69 Å². The van der Waals surface area contributed by atoms with Gasteiger partial charge in [0.25, 0.3) is 5.91 Å². The zero-order chi connectivity index (χ0) is 12.8. The molecule has 0 saturated carbocycles. The SMILES string of the molecule is CN(CCCCCO)C(=O)c1cc(Cl)cn1C. The molecule has 0 spiro atoms. The first-order chi connectivity index (χ1) is 8.06. The molecular formula is C12H19ClN2O2. The Labute approximate surface area is 107 Å². The smallest absolute Gasteiger partial charge is 0.270 e. The number of aliphatic hydroxyl groups excluding tert-OH is 1. The number of hydrogen-bond donors (Lipinski definition) is 1. The van der Waals surface area contributed by atoms with Crippen LogP contribution in [0.25, 0.3) is 0 Å². The topological polar surface area (TPSA) is 45.5 Å². The molecule has 0 aliphatic heterocycles. The molecule has 0 unspecified atom stereocenters. The van der Waals surface area contributed by atoms with Crippen LogP contribution in [0.4, 0.5) is 0 Å². The van der Waals surface area contributed by atoms with Gasteiger partial charge >= 0.3 is 0 Å². The highest BCUT2D eigenvalue weighted by Crippen LogP contribution is 2.14. The number of aryl methyl sites for hydroxylation is 1. The number of halogens is 1. The molecule has 0 aliphatic carbocycles. The van der Waals surface area contributed by atoms with Gasteiger partial charge in [-0.3, -0.25) is 4.79 Å². The normalized spacial score (nSPS) is 10.6. The van der Waals surface area contributed by atoms with Gasteiger partial charge in [-0.05, 0) is 25.3 Å². The highest BCUT2D eigenvalue weighted by molar-refractivity contribution is 6.31. The second-order valence-electron chi connectivity index (χ2n) is 4.17. The van der Waals surface area contributed by atoms with Crippen LogP contribution in [0.15, 0.2) is 12.3 Å². The standard InChI is InChI=1S/C12H19ClN2O2/c1-14(6-4-3-5-7-16)12(17)11-8-10(13)9-15(11)2/h8-9,16H,3-7H2,1-2H3. The molecule has 1 aromatic heterocycles. The third-order valence-electron chi connectivity index (χ3n) is 2.69. The van der Waals surface area contributed by atoms with Crippen LogP contribution in [0.1, 0.15) is 29.8 Å². The number of aromatic nitrogens is 1. The van der Waals surface area contributed by atoms with Gasteiger partial charge in [0.2, 0.25) is 0 Å². The summed E-state index contributed by atoms with van der Waals surface area (Å²) in [6, 6.07) is 1.67. The van der Waals surface area contributed by atoms with Crippen LogP contribution in [-0.4, -0.2) is 40.7 Å². The number of amides is 1. The van der Waals surface area contributed by atoms with Crippen molar-refractivity contribution in [1.29, 1.82) is 0 Å². The van der Waals surface area contributed by atoms with Crippen molar-refractivity contribution < 1.29 is 9.90 Å². The first-order valence-electron chi connectivity index (χ1n) is 5.74. The summed E-state index contributed by atoms with van der Waals surface area (Å²) in [6.07, 6.45) is 4.34. The zero-order valence-electron chi connectivity index (χ0n) is 10.3. The van der Waals surface area contributed by atoms with Crippen LogP contribution < -0.4 is 0 Å². The molecule has 1 amide bonds. The summed E-state index contributed by atoms with van der Waals surface area (Å²) >= 11 is 5.84. The van der Waals surface area contributed by atoms with Gasteiger partial charge in [-0.25, -0.2) is 0 Å². The number of carbonyl (C=O) groups excluding carboxylic acids is 1. The molecule has 1 heterocycles. The minimum absolute atomic E-state index is 0.0246. The lowest BCUT2D eigenvalue weighted by atomic mass is 10.2. The van der Waals surface area contributed by atoms with Crippen molar-refractivity contribution in [3.63, 3.8) is 0 Å². The monoisotopic (exact) mass is 258 g/mol. The van der Waals surface area contributed by atoms with Gasteiger partial charge in [-0.1, -0.05) is 11.6 Å². The Kier molecular flexibility index (Phi) is 5.51. The van der Waals surface area contributed by atoms with E-state index in [-0.39, 0.29) is 12.5 Å². The second-order valence-corrected chi connectivity index (χ2v) is 4.60. The molecule has 0 fully saturated rings. The number of aliphatic hydroxyl groups is 1. The number of carbonyl (C=O) groups is 1. The number of nitrogens with zero attached hydrogens (tertiary/aromatic N) is 2. The van der Waals surface area contributed by atoms with Crippen molar-refractivity contribution >= 4 is 17.5 Å². The van der Waals surface area contributed by atoms with Crippen molar-refractivity contribution in [1.82, 2.24) is 9.47 Å². The molecule has 0 aromatic carbocycles. The van der Waals surface area contributed by atoms with Gasteiger partial charge in [-0.15, -0.1) is 0 Å². The fourth-order valence-corrected chi connectivity index (χ4v) is 1.92. The quantitative estimate of drug-likeness (QED) is 0.793. The van der Waals surface area contributed by atoms with Crippen molar-refractivity contribution in [3.8, 4) is 0 Å². The van der Waals surface area contributed by atoms with Gasteiger partial charge in [0.15, 0.2) is 0 Å². The van der Waals surface area contributed by atoms with Crippen LogP contribution in [-0.2, 0) is 7.05 Å². The molecule has 1 N–H and O–H groups in total. The number of unbranched alkanes of at least 4 members (excludes halogenated alkanes) is 2. The molecule has 5 heteroatoms. The summed E-state index contributed by atoms with van der Waals surface area (Å²) in [5, 5.41) is 9.23. The Hall–Kier alpha value is -1.00. The fourth-order valence-electron chi connectivity index (χ4n) is 1.67. The predicted molar refractivity (Wildman–Crippen MR) is 68.3 cm³/mol. The minimum Gasteiger partial charge on any atom is -0.396 e. The lowest BCUT2D eigenvalue weighted by Crippen LogP contribution is -2.29. The van der Waals surface area contributed by atoms with Gasteiger partial charge in [0, 0.05) is 33.4 Å². The second kappa shape index (κ2) is 6.67. The van der Waals surface area contributed by atoms with Crippen LogP contribution in [0.3, 0.4) is 0 Å². The molecule has 1 aromatic rings. The third kappa shape index (κ3) is 4.06.